The summed E-state index contributed by atoms with van der Waals surface area (Å²) in [6, 6.07) is 10.3. The number of benzene rings is 2. The van der Waals surface area contributed by atoms with Gasteiger partial charge in [0.05, 0.1) is 11.9 Å². The molecule has 2 aromatic carbocycles. The van der Waals surface area contributed by atoms with Gasteiger partial charge in [0.2, 0.25) is 21.8 Å². The van der Waals surface area contributed by atoms with Crippen LogP contribution in [0.3, 0.4) is 0 Å². The Balaban J connectivity index is 2.49. The molecule has 0 heterocycles. The number of rotatable bonds is 10. The van der Waals surface area contributed by atoms with E-state index < -0.39 is 28.5 Å². The summed E-state index contributed by atoms with van der Waals surface area (Å²) < 4.78 is 26.1. The van der Waals surface area contributed by atoms with Crippen LogP contribution in [0, 0.1) is 0 Å². The fraction of sp³-hybridized carbons (Fsp3) is 0.391. The first-order chi connectivity index (χ1) is 15.8. The molecule has 0 aromatic heterocycles. The number of sulfonamides is 1. The third-order valence-electron chi connectivity index (χ3n) is 4.93. The second kappa shape index (κ2) is 12.1. The molecular formula is C23H28Cl3N3O4S. The second-order valence-electron chi connectivity index (χ2n) is 8.10. The smallest absolute Gasteiger partial charge is 0.244 e. The molecule has 2 amide bonds. The van der Waals surface area contributed by atoms with Crippen LogP contribution in [0.1, 0.15) is 32.8 Å². The zero-order valence-electron chi connectivity index (χ0n) is 19.4. The van der Waals surface area contributed by atoms with Crippen LogP contribution < -0.4 is 9.62 Å². The summed E-state index contributed by atoms with van der Waals surface area (Å²) in [4.78, 5) is 27.9. The van der Waals surface area contributed by atoms with E-state index in [9.17, 15) is 18.0 Å². The molecule has 0 spiro atoms. The fourth-order valence-electron chi connectivity index (χ4n) is 3.41. The summed E-state index contributed by atoms with van der Waals surface area (Å²) in [6.45, 7) is 4.89. The van der Waals surface area contributed by atoms with Gasteiger partial charge in [-0.15, -0.1) is 0 Å². The maximum atomic E-state index is 13.6. The maximum Gasteiger partial charge on any atom is 0.244 e. The van der Waals surface area contributed by atoms with E-state index in [4.69, 9.17) is 34.8 Å². The highest BCUT2D eigenvalue weighted by Gasteiger charge is 2.32. The highest BCUT2D eigenvalue weighted by Crippen LogP contribution is 2.28. The molecule has 0 radical (unpaired) electrons. The van der Waals surface area contributed by atoms with Gasteiger partial charge < -0.3 is 10.2 Å². The van der Waals surface area contributed by atoms with E-state index in [0.717, 1.165) is 10.6 Å². The second-order valence-corrected chi connectivity index (χ2v) is 11.3. The van der Waals surface area contributed by atoms with E-state index in [1.165, 1.54) is 23.1 Å². The molecule has 0 aliphatic carbocycles. The molecule has 2 rings (SSSR count). The van der Waals surface area contributed by atoms with E-state index >= 15 is 0 Å². The minimum absolute atomic E-state index is 0.0242. The molecular weight excluding hydrogens is 521 g/mol. The first-order valence-corrected chi connectivity index (χ1v) is 13.6. The van der Waals surface area contributed by atoms with E-state index in [-0.39, 0.29) is 34.2 Å². The number of nitrogens with zero attached hydrogens (tertiary/aromatic N) is 2. The summed E-state index contributed by atoms with van der Waals surface area (Å²) in [7, 11) is -3.89. The molecule has 11 heteroatoms. The van der Waals surface area contributed by atoms with Gasteiger partial charge in [-0.25, -0.2) is 8.42 Å². The first kappa shape index (κ1) is 28.2. The normalized spacial score (nSPS) is 12.4. The van der Waals surface area contributed by atoms with Crippen molar-refractivity contribution in [1.29, 1.82) is 0 Å². The first-order valence-electron chi connectivity index (χ1n) is 10.6. The number of anilines is 1. The number of halogens is 3. The Morgan fingerprint density at radius 3 is 2.12 bits per heavy atom. The van der Waals surface area contributed by atoms with Crippen LogP contribution in [0.25, 0.3) is 0 Å². The van der Waals surface area contributed by atoms with Crippen molar-refractivity contribution in [3.8, 4) is 0 Å². The van der Waals surface area contributed by atoms with Crippen molar-refractivity contribution in [1.82, 2.24) is 10.2 Å². The van der Waals surface area contributed by atoms with Crippen molar-refractivity contribution >= 4 is 62.3 Å². The van der Waals surface area contributed by atoms with Crippen LogP contribution in [0.5, 0.6) is 0 Å². The number of amides is 2. The lowest BCUT2D eigenvalue weighted by atomic mass is 10.1. The molecule has 0 aliphatic heterocycles. The molecule has 0 saturated carbocycles. The van der Waals surface area contributed by atoms with Gasteiger partial charge in [-0.2, -0.15) is 0 Å². The summed E-state index contributed by atoms with van der Waals surface area (Å²) >= 11 is 18.4. The zero-order valence-corrected chi connectivity index (χ0v) is 22.5. The molecule has 0 unspecified atom stereocenters. The highest BCUT2D eigenvalue weighted by atomic mass is 35.5. The SMILES string of the molecule is CC[C@H](C(=O)NC(C)C)N(Cc1ccccc1Cl)C(=O)CN(c1cc(Cl)cc(Cl)c1)S(C)(=O)=O. The summed E-state index contributed by atoms with van der Waals surface area (Å²) in [6.07, 6.45) is 1.30. The minimum atomic E-state index is -3.89. The van der Waals surface area contributed by atoms with Gasteiger partial charge in [0.25, 0.3) is 0 Å². The number of hydrogen-bond donors (Lipinski definition) is 1. The van der Waals surface area contributed by atoms with Crippen LogP contribution in [0.4, 0.5) is 5.69 Å². The Bertz CT molecular complexity index is 1120. The molecule has 0 saturated heterocycles. The number of nitrogens with one attached hydrogen (secondary N) is 1. The van der Waals surface area contributed by atoms with Crippen molar-refractivity contribution in [3.05, 3.63) is 63.1 Å². The average molecular weight is 549 g/mol. The molecule has 2 aromatic rings. The van der Waals surface area contributed by atoms with Crippen LogP contribution in [0.2, 0.25) is 15.1 Å². The van der Waals surface area contributed by atoms with E-state index in [1.807, 2.05) is 13.8 Å². The number of carbonyl (C=O) groups excluding carboxylic acids is 2. The third kappa shape index (κ3) is 7.77. The van der Waals surface area contributed by atoms with Gasteiger partial charge in [0.15, 0.2) is 0 Å². The van der Waals surface area contributed by atoms with Gasteiger partial charge in [-0.1, -0.05) is 59.9 Å². The van der Waals surface area contributed by atoms with Crippen LogP contribution in [0.15, 0.2) is 42.5 Å². The van der Waals surface area contributed by atoms with Crippen LogP contribution in [-0.4, -0.2) is 50.0 Å². The molecule has 1 atom stereocenters. The van der Waals surface area contributed by atoms with Crippen LogP contribution in [-0.2, 0) is 26.2 Å². The van der Waals surface area contributed by atoms with Crippen molar-refractivity contribution in [2.45, 2.75) is 45.8 Å². The zero-order chi connectivity index (χ0) is 25.6. The predicted molar refractivity (Wildman–Crippen MR) is 138 cm³/mol. The summed E-state index contributed by atoms with van der Waals surface area (Å²) in [5.41, 5.74) is 0.774. The highest BCUT2D eigenvalue weighted by molar-refractivity contribution is 7.92. The summed E-state index contributed by atoms with van der Waals surface area (Å²) in [5, 5.41) is 3.70. The maximum absolute atomic E-state index is 13.6. The lowest BCUT2D eigenvalue weighted by molar-refractivity contribution is -0.140. The molecule has 0 fully saturated rings. The quantitative estimate of drug-likeness (QED) is 0.464. The monoisotopic (exact) mass is 547 g/mol. The Kier molecular flexibility index (Phi) is 10.1. The van der Waals surface area contributed by atoms with E-state index in [1.54, 1.807) is 31.2 Å². The van der Waals surface area contributed by atoms with Crippen molar-refractivity contribution < 1.29 is 18.0 Å². The standard InChI is InChI=1S/C23H28Cl3N3O4S/c1-5-21(23(31)27-15(2)3)28(13-16-8-6-7-9-20(16)26)22(30)14-29(34(4,32)33)19-11-17(24)10-18(25)12-19/h6-12,15,21H,5,13-14H2,1-4H3,(H,27,31)/t21-/m1/s1. The van der Waals surface area contributed by atoms with Crippen molar-refractivity contribution in [3.63, 3.8) is 0 Å². The van der Waals surface area contributed by atoms with Crippen molar-refractivity contribution in [2.24, 2.45) is 0 Å². The molecule has 34 heavy (non-hydrogen) atoms. The molecule has 1 N–H and O–H groups in total. The minimum Gasteiger partial charge on any atom is -0.352 e. The average Bonchev–Trinajstić information content (AvgIpc) is 2.70. The van der Waals surface area contributed by atoms with Gasteiger partial charge in [0, 0.05) is 27.7 Å². The van der Waals surface area contributed by atoms with Gasteiger partial charge in [-0.05, 0) is 50.1 Å². The van der Waals surface area contributed by atoms with Gasteiger partial charge >= 0.3 is 0 Å². The Morgan fingerprint density at radius 1 is 1.03 bits per heavy atom. The van der Waals surface area contributed by atoms with Crippen molar-refractivity contribution in [2.75, 3.05) is 17.1 Å². The van der Waals surface area contributed by atoms with Gasteiger partial charge in [-0.3, -0.25) is 13.9 Å². The molecule has 0 aliphatic rings. The molecule has 186 valence electrons. The Labute approximate surface area is 216 Å². The molecule has 7 nitrogen and oxygen atoms in total. The Hall–Kier alpha value is -2.00. The topological polar surface area (TPSA) is 86.8 Å². The number of hydrogen-bond acceptors (Lipinski definition) is 4. The molecule has 0 bridgehead atoms. The summed E-state index contributed by atoms with van der Waals surface area (Å²) in [5.74, 6) is -0.915. The van der Waals surface area contributed by atoms with Crippen LogP contribution >= 0.6 is 34.8 Å². The predicted octanol–water partition coefficient (Wildman–Crippen LogP) is 4.74. The third-order valence-corrected chi connectivity index (χ3v) is 6.88. The lowest BCUT2D eigenvalue weighted by Gasteiger charge is -2.33. The van der Waals surface area contributed by atoms with Gasteiger partial charge in [0.1, 0.15) is 12.6 Å². The number of carbonyl (C=O) groups is 2. The fourth-order valence-corrected chi connectivity index (χ4v) is 4.95. The van der Waals surface area contributed by atoms with E-state index in [2.05, 4.69) is 5.32 Å². The van der Waals surface area contributed by atoms with E-state index in [0.29, 0.717) is 17.0 Å². The largest absolute Gasteiger partial charge is 0.352 e. The Morgan fingerprint density at radius 2 is 1.62 bits per heavy atom. The lowest BCUT2D eigenvalue weighted by Crippen LogP contribution is -2.53.